The lowest BCUT2D eigenvalue weighted by molar-refractivity contribution is -0.137. The first-order valence-electron chi connectivity index (χ1n) is 8.13. The fraction of sp³-hybridized carbons (Fsp3) is 0.150. The van der Waals surface area contributed by atoms with Gasteiger partial charge in [0.05, 0.1) is 19.8 Å². The Morgan fingerprint density at radius 1 is 1.04 bits per heavy atom. The van der Waals surface area contributed by atoms with Gasteiger partial charge in [-0.2, -0.15) is 13.2 Å². The summed E-state index contributed by atoms with van der Waals surface area (Å²) in [4.78, 5) is 4.40. The quantitative estimate of drug-likeness (QED) is 0.675. The van der Waals surface area contributed by atoms with E-state index in [0.29, 0.717) is 28.1 Å². The van der Waals surface area contributed by atoms with Crippen LogP contribution >= 0.6 is 0 Å². The Labute approximate surface area is 153 Å². The van der Waals surface area contributed by atoms with Gasteiger partial charge >= 0.3 is 6.18 Å². The molecule has 0 bridgehead atoms. The van der Waals surface area contributed by atoms with Crippen LogP contribution in [0.15, 0.2) is 42.7 Å². The topological polar surface area (TPSA) is 43.4 Å². The lowest BCUT2D eigenvalue weighted by Gasteiger charge is -2.22. The predicted octanol–water partition coefficient (Wildman–Crippen LogP) is 5.33. The fourth-order valence-corrected chi connectivity index (χ4v) is 3.40. The number of ether oxygens (including phenoxy) is 2. The average molecular weight is 372 g/mol. The summed E-state index contributed by atoms with van der Waals surface area (Å²) in [7, 11) is 2.94. The van der Waals surface area contributed by atoms with E-state index in [1.807, 2.05) is 0 Å². The van der Waals surface area contributed by atoms with Gasteiger partial charge in [0, 0.05) is 29.0 Å². The van der Waals surface area contributed by atoms with E-state index < -0.39 is 11.7 Å². The number of hydrogen-bond acceptors (Lipinski definition) is 4. The molecule has 0 aliphatic carbocycles. The van der Waals surface area contributed by atoms with E-state index in [-0.39, 0.29) is 0 Å². The maximum absolute atomic E-state index is 13.2. The number of alkyl halides is 3. The summed E-state index contributed by atoms with van der Waals surface area (Å²) in [5, 5.41) is 3.90. The molecule has 0 amide bonds. The Morgan fingerprint density at radius 3 is 2.52 bits per heavy atom. The Balaban J connectivity index is 2.13. The molecule has 3 aromatic rings. The number of halogens is 3. The number of rotatable bonds is 3. The molecule has 0 saturated carbocycles. The minimum Gasteiger partial charge on any atom is -0.492 e. The zero-order chi connectivity index (χ0) is 19.2. The molecule has 2 heterocycles. The van der Waals surface area contributed by atoms with Crippen LogP contribution in [0.5, 0.6) is 11.5 Å². The zero-order valence-electron chi connectivity index (χ0n) is 14.5. The van der Waals surface area contributed by atoms with Gasteiger partial charge in [0.2, 0.25) is 0 Å². The van der Waals surface area contributed by atoms with E-state index in [1.165, 1.54) is 20.3 Å². The number of nitrogens with zero attached hydrogens (tertiary/aromatic N) is 1. The molecular formula is C20H15F3N2O2. The van der Waals surface area contributed by atoms with Crippen LogP contribution in [0.4, 0.5) is 18.9 Å². The largest absolute Gasteiger partial charge is 0.492 e. The smallest absolute Gasteiger partial charge is 0.416 e. The highest BCUT2D eigenvalue weighted by Gasteiger charge is 2.32. The third-order valence-electron chi connectivity index (χ3n) is 4.51. The van der Waals surface area contributed by atoms with E-state index in [0.717, 1.165) is 28.8 Å². The molecule has 27 heavy (non-hydrogen) atoms. The van der Waals surface area contributed by atoms with Gasteiger partial charge in [-0.3, -0.25) is 4.98 Å². The monoisotopic (exact) mass is 372 g/mol. The van der Waals surface area contributed by atoms with Crippen LogP contribution in [0.25, 0.3) is 28.1 Å². The van der Waals surface area contributed by atoms with Crippen molar-refractivity contribution >= 4 is 22.7 Å². The second-order valence-corrected chi connectivity index (χ2v) is 5.99. The van der Waals surface area contributed by atoms with Crippen LogP contribution in [0.1, 0.15) is 11.1 Å². The molecule has 7 heteroatoms. The Morgan fingerprint density at radius 2 is 1.81 bits per heavy atom. The average Bonchev–Trinajstić information content (AvgIpc) is 2.67. The lowest BCUT2D eigenvalue weighted by Crippen LogP contribution is -2.06. The van der Waals surface area contributed by atoms with Gasteiger partial charge in [0.1, 0.15) is 5.52 Å². The van der Waals surface area contributed by atoms with Gasteiger partial charge in [0.25, 0.3) is 0 Å². The van der Waals surface area contributed by atoms with Crippen LogP contribution in [-0.2, 0) is 6.18 Å². The molecule has 1 N–H and O–H groups in total. The number of pyridine rings is 1. The summed E-state index contributed by atoms with van der Waals surface area (Å²) in [6.07, 6.45) is 0.736. The summed E-state index contributed by atoms with van der Waals surface area (Å²) < 4.78 is 50.8. The Bertz CT molecular complexity index is 1070. The van der Waals surface area contributed by atoms with Gasteiger partial charge in [0.15, 0.2) is 11.5 Å². The summed E-state index contributed by atoms with van der Waals surface area (Å²) in [6, 6.07) is 6.98. The second kappa shape index (κ2) is 6.19. The number of benzene rings is 2. The van der Waals surface area contributed by atoms with E-state index >= 15 is 0 Å². The van der Waals surface area contributed by atoms with E-state index in [2.05, 4.69) is 10.3 Å². The van der Waals surface area contributed by atoms with Gasteiger partial charge in [-0.05, 0) is 35.4 Å². The summed E-state index contributed by atoms with van der Waals surface area (Å²) in [5.41, 5.74) is 2.29. The fourth-order valence-electron chi connectivity index (χ4n) is 3.40. The van der Waals surface area contributed by atoms with Crippen LogP contribution < -0.4 is 14.8 Å². The first-order valence-corrected chi connectivity index (χ1v) is 8.13. The predicted molar refractivity (Wildman–Crippen MR) is 97.9 cm³/mol. The van der Waals surface area contributed by atoms with E-state index in [4.69, 9.17) is 9.47 Å². The summed E-state index contributed by atoms with van der Waals surface area (Å²) in [6.45, 7) is 0. The minimum absolute atomic E-state index is 0.343. The number of anilines is 1. The molecule has 1 aromatic heterocycles. The van der Waals surface area contributed by atoms with Gasteiger partial charge in [-0.15, -0.1) is 0 Å². The first-order chi connectivity index (χ1) is 13.0. The van der Waals surface area contributed by atoms with Crippen LogP contribution in [0.2, 0.25) is 0 Å². The molecule has 4 rings (SSSR count). The third-order valence-corrected chi connectivity index (χ3v) is 4.51. The number of hydrogen-bond donors (Lipinski definition) is 1. The Kier molecular flexibility index (Phi) is 3.95. The molecule has 0 spiro atoms. The van der Waals surface area contributed by atoms with Gasteiger partial charge < -0.3 is 14.8 Å². The number of aromatic nitrogens is 1. The molecule has 0 unspecified atom stereocenters. The van der Waals surface area contributed by atoms with Crippen molar-refractivity contribution in [2.75, 3.05) is 19.5 Å². The highest BCUT2D eigenvalue weighted by Crippen LogP contribution is 2.49. The summed E-state index contributed by atoms with van der Waals surface area (Å²) in [5.74, 6) is 0.720. The van der Waals surface area contributed by atoms with Crippen LogP contribution in [0, 0.1) is 0 Å². The molecule has 0 saturated heterocycles. The SMILES string of the molecule is COc1c(-c2cccc(C(F)(F)F)c2)c2c3c(ccnc3c1OC)NC=C2. The number of methoxy groups -OCH3 is 2. The van der Waals surface area contributed by atoms with Crippen molar-refractivity contribution < 1.29 is 22.6 Å². The van der Waals surface area contributed by atoms with Crippen molar-refractivity contribution in [1.82, 2.24) is 4.98 Å². The van der Waals surface area contributed by atoms with E-state index in [1.54, 1.807) is 30.6 Å². The van der Waals surface area contributed by atoms with Gasteiger partial charge in [-0.25, -0.2) is 0 Å². The third kappa shape index (κ3) is 2.66. The Hall–Kier alpha value is -3.22. The zero-order valence-corrected chi connectivity index (χ0v) is 14.5. The van der Waals surface area contributed by atoms with Crippen molar-refractivity contribution in [3.05, 3.63) is 53.9 Å². The molecule has 1 aliphatic heterocycles. The second-order valence-electron chi connectivity index (χ2n) is 5.99. The summed E-state index contributed by atoms with van der Waals surface area (Å²) >= 11 is 0. The molecule has 0 radical (unpaired) electrons. The normalized spacial score (nSPS) is 12.8. The molecule has 138 valence electrons. The first kappa shape index (κ1) is 17.2. The maximum Gasteiger partial charge on any atom is 0.416 e. The van der Waals surface area contributed by atoms with Crippen molar-refractivity contribution in [3.63, 3.8) is 0 Å². The van der Waals surface area contributed by atoms with Crippen LogP contribution in [0.3, 0.4) is 0 Å². The number of nitrogens with one attached hydrogen (secondary N) is 1. The maximum atomic E-state index is 13.2. The van der Waals surface area contributed by atoms with Gasteiger partial charge in [-0.1, -0.05) is 12.1 Å². The highest BCUT2D eigenvalue weighted by atomic mass is 19.4. The molecule has 0 atom stereocenters. The minimum atomic E-state index is -4.44. The lowest BCUT2D eigenvalue weighted by atomic mass is 9.91. The van der Waals surface area contributed by atoms with Crippen molar-refractivity contribution in [1.29, 1.82) is 0 Å². The molecule has 2 aromatic carbocycles. The van der Waals surface area contributed by atoms with Crippen molar-refractivity contribution in [2.24, 2.45) is 0 Å². The standard InChI is InChI=1S/C20H15F3N2O2/c1-26-18-15(11-4-3-5-12(10-11)20(21,22)23)13-6-8-24-14-7-9-25-17(16(13)14)19(18)27-2/h3-10,24H,1-2H3. The molecule has 4 nitrogen and oxygen atoms in total. The molecule has 0 fully saturated rings. The van der Waals surface area contributed by atoms with Crippen molar-refractivity contribution in [3.8, 4) is 22.6 Å². The van der Waals surface area contributed by atoms with Crippen molar-refractivity contribution in [2.45, 2.75) is 6.18 Å². The highest BCUT2D eigenvalue weighted by molar-refractivity contribution is 6.10. The van der Waals surface area contributed by atoms with Crippen LogP contribution in [-0.4, -0.2) is 19.2 Å². The molecule has 1 aliphatic rings. The van der Waals surface area contributed by atoms with E-state index in [9.17, 15) is 13.2 Å². The molecular weight excluding hydrogens is 357 g/mol.